The Kier molecular flexibility index (Phi) is 4.01. The first-order chi connectivity index (χ1) is 9.10. The third-order valence-electron chi connectivity index (χ3n) is 2.53. The second-order valence-corrected chi connectivity index (χ2v) is 5.05. The molecule has 0 aliphatic heterocycles. The highest BCUT2D eigenvalue weighted by Gasteiger charge is 2.07. The lowest BCUT2D eigenvalue weighted by atomic mass is 10.1. The molecule has 0 aliphatic rings. The van der Waals surface area contributed by atoms with Gasteiger partial charge in [-0.25, -0.2) is 9.78 Å². The number of aromatic nitrogens is 1. The van der Waals surface area contributed by atoms with Crippen molar-refractivity contribution in [1.82, 2.24) is 9.88 Å². The van der Waals surface area contributed by atoms with Crippen molar-refractivity contribution in [3.05, 3.63) is 29.6 Å². The molecule has 2 N–H and O–H groups in total. The Morgan fingerprint density at radius 3 is 2.79 bits per heavy atom. The molecule has 0 fully saturated rings. The first kappa shape index (κ1) is 13.4. The molecule has 2 rings (SSSR count). The average Bonchev–Trinajstić information content (AvgIpc) is 2.87. The zero-order valence-electron chi connectivity index (χ0n) is 11.1. The van der Waals surface area contributed by atoms with Crippen molar-refractivity contribution in [2.75, 3.05) is 31.8 Å². The predicted molar refractivity (Wildman–Crippen MR) is 79.8 cm³/mol. The highest BCUT2D eigenvalue weighted by molar-refractivity contribution is 7.14. The molecule has 5 nitrogen and oxygen atoms in total. The second-order valence-electron chi connectivity index (χ2n) is 4.19. The molecule has 1 aromatic heterocycles. The first-order valence-electron chi connectivity index (χ1n) is 5.82. The third kappa shape index (κ3) is 3.23. The van der Waals surface area contributed by atoms with Crippen molar-refractivity contribution in [2.24, 2.45) is 0 Å². The summed E-state index contributed by atoms with van der Waals surface area (Å²) in [6.45, 7) is 0. The van der Waals surface area contributed by atoms with Crippen LogP contribution in [0.15, 0.2) is 29.6 Å². The predicted octanol–water partition coefficient (Wildman–Crippen LogP) is 2.95. The Labute approximate surface area is 116 Å². The van der Waals surface area contributed by atoms with Gasteiger partial charge in [-0.05, 0) is 12.1 Å². The molecular formula is C13H16N4OS. The molecule has 1 heterocycles. The van der Waals surface area contributed by atoms with E-state index < -0.39 is 0 Å². The molecule has 0 unspecified atom stereocenters. The van der Waals surface area contributed by atoms with E-state index in [1.54, 1.807) is 25.4 Å². The number of carbonyl (C=O) groups excluding carboxylic acids is 1. The topological polar surface area (TPSA) is 57.3 Å². The van der Waals surface area contributed by atoms with Gasteiger partial charge >= 0.3 is 6.03 Å². The van der Waals surface area contributed by atoms with Crippen LogP contribution < -0.4 is 10.6 Å². The SMILES string of the molecule is CNc1nc(-c2cccc(NC(=O)N(C)C)c2)cs1. The molecule has 100 valence electrons. The van der Waals surface area contributed by atoms with Crippen molar-refractivity contribution in [3.8, 4) is 11.3 Å². The van der Waals surface area contributed by atoms with Gasteiger partial charge in [0.15, 0.2) is 5.13 Å². The smallest absolute Gasteiger partial charge is 0.321 e. The molecule has 19 heavy (non-hydrogen) atoms. The minimum absolute atomic E-state index is 0.147. The summed E-state index contributed by atoms with van der Waals surface area (Å²) in [4.78, 5) is 17.5. The maximum absolute atomic E-state index is 11.6. The summed E-state index contributed by atoms with van der Waals surface area (Å²) in [6.07, 6.45) is 0. The molecule has 2 aromatic rings. The van der Waals surface area contributed by atoms with Gasteiger partial charge in [-0.1, -0.05) is 12.1 Å². The molecule has 0 atom stereocenters. The molecule has 0 radical (unpaired) electrons. The fourth-order valence-corrected chi connectivity index (χ4v) is 2.19. The van der Waals surface area contributed by atoms with Crippen LogP contribution >= 0.6 is 11.3 Å². The maximum Gasteiger partial charge on any atom is 0.321 e. The molecular weight excluding hydrogens is 260 g/mol. The monoisotopic (exact) mass is 276 g/mol. The van der Waals surface area contributed by atoms with E-state index in [1.165, 1.54) is 4.90 Å². The van der Waals surface area contributed by atoms with Gasteiger partial charge in [0.1, 0.15) is 0 Å². The van der Waals surface area contributed by atoms with Gasteiger partial charge in [-0.3, -0.25) is 0 Å². The van der Waals surface area contributed by atoms with Crippen LogP contribution in [-0.4, -0.2) is 37.1 Å². The number of urea groups is 1. The standard InChI is InChI=1S/C13H16N4OS/c1-14-12-16-11(8-19-12)9-5-4-6-10(7-9)15-13(18)17(2)3/h4-8H,1-3H3,(H,14,16)(H,15,18). The average molecular weight is 276 g/mol. The van der Waals surface area contributed by atoms with Crippen LogP contribution in [0.5, 0.6) is 0 Å². The fraction of sp³-hybridized carbons (Fsp3) is 0.231. The summed E-state index contributed by atoms with van der Waals surface area (Å²) in [5.74, 6) is 0. The van der Waals surface area contributed by atoms with Crippen molar-refractivity contribution in [3.63, 3.8) is 0 Å². The Hall–Kier alpha value is -2.08. The van der Waals surface area contributed by atoms with Gasteiger partial charge in [-0.2, -0.15) is 0 Å². The molecule has 2 amide bonds. The number of nitrogens with zero attached hydrogens (tertiary/aromatic N) is 2. The zero-order valence-corrected chi connectivity index (χ0v) is 11.9. The summed E-state index contributed by atoms with van der Waals surface area (Å²) < 4.78 is 0. The van der Waals surface area contributed by atoms with E-state index in [1.807, 2.05) is 36.7 Å². The van der Waals surface area contributed by atoms with E-state index in [-0.39, 0.29) is 6.03 Å². The lowest BCUT2D eigenvalue weighted by Gasteiger charge is -2.12. The molecule has 0 saturated carbocycles. The van der Waals surface area contributed by atoms with E-state index in [0.29, 0.717) is 0 Å². The van der Waals surface area contributed by atoms with Gasteiger partial charge in [-0.15, -0.1) is 11.3 Å². The van der Waals surface area contributed by atoms with E-state index in [9.17, 15) is 4.79 Å². The van der Waals surface area contributed by atoms with Gasteiger partial charge in [0.05, 0.1) is 5.69 Å². The molecule has 0 aliphatic carbocycles. The number of rotatable bonds is 3. The summed E-state index contributed by atoms with van der Waals surface area (Å²) in [6, 6.07) is 7.50. The summed E-state index contributed by atoms with van der Waals surface area (Å²) in [5, 5.41) is 8.69. The lowest BCUT2D eigenvalue weighted by Crippen LogP contribution is -2.27. The normalized spacial score (nSPS) is 10.1. The van der Waals surface area contributed by atoms with Crippen molar-refractivity contribution < 1.29 is 4.79 Å². The second kappa shape index (κ2) is 5.71. The van der Waals surface area contributed by atoms with E-state index in [2.05, 4.69) is 15.6 Å². The Bertz CT molecular complexity index is 580. The molecule has 1 aromatic carbocycles. The molecule has 6 heteroatoms. The van der Waals surface area contributed by atoms with Crippen LogP contribution in [0.25, 0.3) is 11.3 Å². The highest BCUT2D eigenvalue weighted by Crippen LogP contribution is 2.26. The number of thiazole rings is 1. The van der Waals surface area contributed by atoms with Gasteiger partial charge in [0.25, 0.3) is 0 Å². The van der Waals surface area contributed by atoms with Crippen molar-refractivity contribution in [2.45, 2.75) is 0 Å². The minimum Gasteiger partial charge on any atom is -0.365 e. The number of amides is 2. The van der Waals surface area contributed by atoms with Crippen molar-refractivity contribution >= 4 is 28.2 Å². The zero-order chi connectivity index (χ0) is 13.8. The lowest BCUT2D eigenvalue weighted by molar-refractivity contribution is 0.230. The van der Waals surface area contributed by atoms with Crippen LogP contribution in [-0.2, 0) is 0 Å². The largest absolute Gasteiger partial charge is 0.365 e. The maximum atomic E-state index is 11.6. The van der Waals surface area contributed by atoms with Gasteiger partial charge < -0.3 is 15.5 Å². The fourth-order valence-electron chi connectivity index (χ4n) is 1.51. The van der Waals surface area contributed by atoms with Crippen LogP contribution in [0.4, 0.5) is 15.6 Å². The number of hydrogen-bond donors (Lipinski definition) is 2. The molecule has 0 bridgehead atoms. The minimum atomic E-state index is -0.147. The molecule has 0 spiro atoms. The Morgan fingerprint density at radius 2 is 2.16 bits per heavy atom. The number of anilines is 2. The van der Waals surface area contributed by atoms with E-state index in [0.717, 1.165) is 22.1 Å². The van der Waals surface area contributed by atoms with Crippen LogP contribution in [0, 0.1) is 0 Å². The first-order valence-corrected chi connectivity index (χ1v) is 6.70. The summed E-state index contributed by atoms with van der Waals surface area (Å²) in [5.41, 5.74) is 2.64. The summed E-state index contributed by atoms with van der Waals surface area (Å²) >= 11 is 1.55. The number of nitrogens with one attached hydrogen (secondary N) is 2. The number of carbonyl (C=O) groups is 1. The van der Waals surface area contributed by atoms with Crippen LogP contribution in [0.2, 0.25) is 0 Å². The number of hydrogen-bond acceptors (Lipinski definition) is 4. The highest BCUT2D eigenvalue weighted by atomic mass is 32.1. The number of benzene rings is 1. The quantitative estimate of drug-likeness (QED) is 0.906. The van der Waals surface area contributed by atoms with E-state index in [4.69, 9.17) is 0 Å². The Balaban J connectivity index is 2.21. The van der Waals surface area contributed by atoms with Crippen LogP contribution in [0.1, 0.15) is 0 Å². The third-order valence-corrected chi connectivity index (χ3v) is 3.39. The summed E-state index contributed by atoms with van der Waals surface area (Å²) in [7, 11) is 5.26. The van der Waals surface area contributed by atoms with Crippen molar-refractivity contribution in [1.29, 1.82) is 0 Å². The van der Waals surface area contributed by atoms with Gasteiger partial charge in [0.2, 0.25) is 0 Å². The van der Waals surface area contributed by atoms with E-state index >= 15 is 0 Å². The molecule has 0 saturated heterocycles. The Morgan fingerprint density at radius 1 is 1.37 bits per heavy atom. The van der Waals surface area contributed by atoms with Gasteiger partial charge in [0, 0.05) is 37.8 Å². The van der Waals surface area contributed by atoms with Crippen LogP contribution in [0.3, 0.4) is 0 Å².